The highest BCUT2D eigenvalue weighted by Crippen LogP contribution is 2.56. The van der Waals surface area contributed by atoms with Gasteiger partial charge in [0.2, 0.25) is 0 Å². The quantitative estimate of drug-likeness (QED) is 0.126. The van der Waals surface area contributed by atoms with Crippen molar-refractivity contribution in [3.8, 4) is 55.6 Å². The van der Waals surface area contributed by atoms with Gasteiger partial charge in [-0.25, -0.2) is 0 Å². The number of fused-ring (bicyclic) bond motifs is 12. The monoisotopic (exact) mass is 626 g/mol. The minimum absolute atomic E-state index is 1.26. The summed E-state index contributed by atoms with van der Waals surface area (Å²) in [4.78, 5) is 0. The summed E-state index contributed by atoms with van der Waals surface area (Å²) in [5.74, 6) is 0. The second-order valence-corrected chi connectivity index (χ2v) is 14.3. The van der Waals surface area contributed by atoms with Crippen LogP contribution in [0.25, 0.3) is 131 Å². The molecule has 0 saturated heterocycles. The summed E-state index contributed by atoms with van der Waals surface area (Å²) in [6.45, 7) is 0. The average Bonchev–Trinajstić information content (AvgIpc) is 3.68. The van der Waals surface area contributed by atoms with Crippen LogP contribution in [0.5, 0.6) is 0 Å². The predicted octanol–water partition coefficient (Wildman–Crippen LogP) is 14.2. The van der Waals surface area contributed by atoms with Crippen molar-refractivity contribution in [3.05, 3.63) is 158 Å². The fraction of sp³-hybridized carbons (Fsp3) is 0. The molecule has 13 rings (SSSR count). The molecule has 11 aromatic carbocycles. The number of benzene rings is 11. The molecule has 2 aliphatic carbocycles. The Labute approximate surface area is 287 Å². The van der Waals surface area contributed by atoms with Crippen molar-refractivity contribution in [2.75, 3.05) is 0 Å². The van der Waals surface area contributed by atoms with Crippen LogP contribution in [0.2, 0.25) is 0 Å². The second kappa shape index (κ2) is 8.74. The highest BCUT2D eigenvalue weighted by atomic mass is 14.3. The van der Waals surface area contributed by atoms with E-state index in [1.165, 1.54) is 131 Å². The van der Waals surface area contributed by atoms with Gasteiger partial charge < -0.3 is 0 Å². The first kappa shape index (κ1) is 25.5. The van der Waals surface area contributed by atoms with Gasteiger partial charge in [-0.3, -0.25) is 0 Å². The maximum absolute atomic E-state index is 2.46. The van der Waals surface area contributed by atoms with Gasteiger partial charge >= 0.3 is 0 Å². The van der Waals surface area contributed by atoms with Crippen LogP contribution in [-0.4, -0.2) is 0 Å². The predicted molar refractivity (Wildman–Crippen MR) is 214 cm³/mol. The van der Waals surface area contributed by atoms with Crippen molar-refractivity contribution in [3.63, 3.8) is 0 Å². The van der Waals surface area contributed by atoms with Crippen molar-refractivity contribution >= 4 is 75.4 Å². The topological polar surface area (TPSA) is 0 Å². The van der Waals surface area contributed by atoms with E-state index in [2.05, 4.69) is 158 Å². The number of hydrogen-bond acceptors (Lipinski definition) is 0. The molecular formula is C50H26. The lowest BCUT2D eigenvalue weighted by atomic mass is 9.86. The van der Waals surface area contributed by atoms with Crippen LogP contribution in [0.4, 0.5) is 0 Å². The summed E-state index contributed by atoms with van der Waals surface area (Å²) in [6, 6.07) is 59.9. The summed E-state index contributed by atoms with van der Waals surface area (Å²) in [6.07, 6.45) is 0. The number of hydrogen-bond donors (Lipinski definition) is 0. The molecule has 2 aliphatic rings. The minimum Gasteiger partial charge on any atom is -0.0616 e. The lowest BCUT2D eigenvalue weighted by Crippen LogP contribution is -1.88. The Hall–Kier alpha value is -6.50. The third-order valence-corrected chi connectivity index (χ3v) is 12.0. The highest BCUT2D eigenvalue weighted by molar-refractivity contribution is 6.40. The highest BCUT2D eigenvalue weighted by Gasteiger charge is 2.28. The van der Waals surface area contributed by atoms with Crippen molar-refractivity contribution in [2.45, 2.75) is 0 Å². The number of rotatable bonds is 1. The molecule has 0 radical (unpaired) electrons. The van der Waals surface area contributed by atoms with E-state index in [9.17, 15) is 0 Å². The van der Waals surface area contributed by atoms with Gasteiger partial charge in [-0.2, -0.15) is 0 Å². The molecule has 0 fully saturated rings. The lowest BCUT2D eigenvalue weighted by Gasteiger charge is -2.16. The summed E-state index contributed by atoms with van der Waals surface area (Å²) < 4.78 is 0. The van der Waals surface area contributed by atoms with Gasteiger partial charge in [-0.15, -0.1) is 0 Å². The molecule has 0 saturated carbocycles. The SMILES string of the molecule is c1ccc2c(c1)-c1ccc3c4ccc5c6c(ccc(c7ccc-2c1c37)c64)-c1cc(-c2cccc3ccc4cc6ccccc6cc4c23)ccc1-5. The first-order valence-electron chi connectivity index (χ1n) is 17.6. The third kappa shape index (κ3) is 2.97. The third-order valence-electron chi connectivity index (χ3n) is 12.0. The van der Waals surface area contributed by atoms with Gasteiger partial charge in [-0.05, 0) is 149 Å². The fourth-order valence-corrected chi connectivity index (χ4v) is 9.95. The molecule has 0 aliphatic heterocycles. The Balaban J connectivity index is 1.07. The first-order valence-corrected chi connectivity index (χ1v) is 17.6. The summed E-state index contributed by atoms with van der Waals surface area (Å²) in [7, 11) is 0. The summed E-state index contributed by atoms with van der Waals surface area (Å²) >= 11 is 0. The van der Waals surface area contributed by atoms with Crippen LogP contribution in [0, 0.1) is 0 Å². The molecule has 0 heterocycles. The molecule has 0 amide bonds. The largest absolute Gasteiger partial charge is 0.0616 e. The molecule has 0 N–H and O–H groups in total. The Morgan fingerprint density at radius 1 is 0.200 bits per heavy atom. The molecule has 0 aromatic heterocycles. The van der Waals surface area contributed by atoms with Crippen LogP contribution < -0.4 is 0 Å². The van der Waals surface area contributed by atoms with E-state index in [1.807, 2.05) is 0 Å². The Morgan fingerprint density at radius 2 is 0.680 bits per heavy atom. The van der Waals surface area contributed by atoms with Gasteiger partial charge in [-0.1, -0.05) is 140 Å². The maximum atomic E-state index is 2.46. The zero-order valence-corrected chi connectivity index (χ0v) is 27.0. The normalized spacial score (nSPS) is 12.8. The average molecular weight is 627 g/mol. The minimum atomic E-state index is 1.26. The molecule has 0 atom stereocenters. The zero-order valence-electron chi connectivity index (χ0n) is 27.0. The fourth-order valence-electron chi connectivity index (χ4n) is 9.95. The maximum Gasteiger partial charge on any atom is -0.00139 e. The van der Waals surface area contributed by atoms with Crippen LogP contribution in [0.3, 0.4) is 0 Å². The van der Waals surface area contributed by atoms with Crippen LogP contribution in [0.1, 0.15) is 0 Å². The Kier molecular flexibility index (Phi) is 4.46. The molecular weight excluding hydrogens is 601 g/mol. The van der Waals surface area contributed by atoms with Gasteiger partial charge in [0.05, 0.1) is 0 Å². The van der Waals surface area contributed by atoms with Crippen molar-refractivity contribution in [2.24, 2.45) is 0 Å². The van der Waals surface area contributed by atoms with Gasteiger partial charge in [0.1, 0.15) is 0 Å². The molecule has 11 aromatic rings. The van der Waals surface area contributed by atoms with Crippen LogP contribution in [-0.2, 0) is 0 Å². The van der Waals surface area contributed by atoms with E-state index >= 15 is 0 Å². The molecule has 226 valence electrons. The standard InChI is InChI=1S/C50H26/c1-2-7-29-25-44-30(24-28(29)6-1)13-12-27-8-5-11-32(46(27)44)31-14-15-35-38-18-21-41-39-19-16-36-33-9-3-4-10-34(33)37-17-20-40(49(39)47(36)37)42-22-23-43(45(35)26-31)48(38)50(41)42/h1-26H. The van der Waals surface area contributed by atoms with Gasteiger partial charge in [0, 0.05) is 0 Å². The second-order valence-electron chi connectivity index (χ2n) is 14.3. The molecule has 0 spiro atoms. The Bertz CT molecular complexity index is 3280. The molecule has 0 nitrogen and oxygen atoms in total. The van der Waals surface area contributed by atoms with Gasteiger partial charge in [0.25, 0.3) is 0 Å². The molecule has 0 unspecified atom stereocenters. The van der Waals surface area contributed by atoms with E-state index in [1.54, 1.807) is 0 Å². The molecule has 50 heavy (non-hydrogen) atoms. The van der Waals surface area contributed by atoms with Crippen LogP contribution >= 0.6 is 0 Å². The lowest BCUT2D eigenvalue weighted by molar-refractivity contribution is 1.66. The molecule has 0 heteroatoms. The van der Waals surface area contributed by atoms with Crippen molar-refractivity contribution in [1.82, 2.24) is 0 Å². The van der Waals surface area contributed by atoms with Crippen LogP contribution in [0.15, 0.2) is 158 Å². The van der Waals surface area contributed by atoms with E-state index in [0.29, 0.717) is 0 Å². The van der Waals surface area contributed by atoms with E-state index in [-0.39, 0.29) is 0 Å². The van der Waals surface area contributed by atoms with E-state index < -0.39 is 0 Å². The summed E-state index contributed by atoms with van der Waals surface area (Å²) in [5.41, 5.74) is 13.3. The first-order chi connectivity index (χ1) is 24.8. The molecule has 0 bridgehead atoms. The smallest absolute Gasteiger partial charge is 0.00139 e. The summed E-state index contributed by atoms with van der Waals surface area (Å²) in [5, 5.41) is 18.8. The van der Waals surface area contributed by atoms with E-state index in [4.69, 9.17) is 0 Å². The van der Waals surface area contributed by atoms with Crippen molar-refractivity contribution < 1.29 is 0 Å². The zero-order chi connectivity index (χ0) is 32.2. The Morgan fingerprint density at radius 3 is 1.32 bits per heavy atom. The van der Waals surface area contributed by atoms with Crippen molar-refractivity contribution in [1.29, 1.82) is 0 Å². The van der Waals surface area contributed by atoms with E-state index in [0.717, 1.165) is 0 Å². The van der Waals surface area contributed by atoms with Gasteiger partial charge in [0.15, 0.2) is 0 Å².